The van der Waals surface area contributed by atoms with Crippen molar-refractivity contribution in [2.75, 3.05) is 0 Å². The third kappa shape index (κ3) is 1.97. The quantitative estimate of drug-likeness (QED) is 0.760. The van der Waals surface area contributed by atoms with E-state index < -0.39 is 5.97 Å². The lowest BCUT2D eigenvalue weighted by Crippen LogP contribution is -1.95. The van der Waals surface area contributed by atoms with Gasteiger partial charge in [0.05, 0.1) is 16.6 Å². The van der Waals surface area contributed by atoms with Crippen LogP contribution >= 0.6 is 0 Å². The predicted octanol–water partition coefficient (Wildman–Crippen LogP) is 3.57. The number of H-pyrrole nitrogens is 1. The molecule has 0 unspecified atom stereocenters. The van der Waals surface area contributed by atoms with Crippen molar-refractivity contribution in [3.8, 4) is 11.4 Å². The molecular weight excluding hydrogens is 252 g/mol. The van der Waals surface area contributed by atoms with E-state index >= 15 is 0 Å². The molecule has 0 saturated carbocycles. The predicted molar refractivity (Wildman–Crippen MR) is 78.6 cm³/mol. The van der Waals surface area contributed by atoms with Crippen molar-refractivity contribution in [3.63, 3.8) is 0 Å². The number of carbonyl (C=O) groups is 1. The topological polar surface area (TPSA) is 66.0 Å². The van der Waals surface area contributed by atoms with E-state index in [-0.39, 0.29) is 5.56 Å². The molecule has 20 heavy (non-hydrogen) atoms. The molecule has 2 aromatic carbocycles. The van der Waals surface area contributed by atoms with E-state index in [0.29, 0.717) is 5.82 Å². The zero-order valence-electron chi connectivity index (χ0n) is 10.6. The van der Waals surface area contributed by atoms with Crippen LogP contribution in [-0.4, -0.2) is 21.0 Å². The molecule has 2 N–H and O–H groups in total. The van der Waals surface area contributed by atoms with Gasteiger partial charge in [0, 0.05) is 11.1 Å². The smallest absolute Gasteiger partial charge is 0.335 e. The molecule has 0 radical (unpaired) electrons. The van der Waals surface area contributed by atoms with Crippen LogP contribution in [0.1, 0.15) is 15.9 Å². The van der Waals surface area contributed by atoms with Gasteiger partial charge in [-0.25, -0.2) is 9.78 Å². The average Bonchev–Trinajstić information content (AvgIpc) is 2.91. The highest BCUT2D eigenvalue weighted by Crippen LogP contribution is 2.23. The third-order valence-electron chi connectivity index (χ3n) is 3.17. The Morgan fingerprint density at radius 2 is 1.95 bits per heavy atom. The van der Waals surface area contributed by atoms with Gasteiger partial charge in [0.25, 0.3) is 0 Å². The summed E-state index contributed by atoms with van der Waals surface area (Å²) in [6, 6.07) is 12.5. The maximum Gasteiger partial charge on any atom is 0.335 e. The van der Waals surface area contributed by atoms with Crippen molar-refractivity contribution in [2.45, 2.75) is 0 Å². The molecule has 0 bridgehead atoms. The maximum atomic E-state index is 10.8. The van der Waals surface area contributed by atoms with Gasteiger partial charge < -0.3 is 10.1 Å². The van der Waals surface area contributed by atoms with Crippen LogP contribution in [0.3, 0.4) is 0 Å². The van der Waals surface area contributed by atoms with E-state index in [1.165, 1.54) is 0 Å². The molecule has 3 rings (SSSR count). The first-order valence-electron chi connectivity index (χ1n) is 6.14. The second-order valence-electron chi connectivity index (χ2n) is 4.42. The van der Waals surface area contributed by atoms with E-state index in [1.807, 2.05) is 18.2 Å². The van der Waals surface area contributed by atoms with Gasteiger partial charge in [0.2, 0.25) is 0 Å². The zero-order chi connectivity index (χ0) is 14.1. The van der Waals surface area contributed by atoms with Crippen LogP contribution in [0.2, 0.25) is 0 Å². The Hall–Kier alpha value is -2.88. The number of carboxylic acid groups (broad SMARTS) is 1. The summed E-state index contributed by atoms with van der Waals surface area (Å²) >= 11 is 0. The van der Waals surface area contributed by atoms with Crippen molar-refractivity contribution in [3.05, 3.63) is 60.2 Å². The fourth-order valence-corrected chi connectivity index (χ4v) is 2.13. The summed E-state index contributed by atoms with van der Waals surface area (Å²) < 4.78 is 0. The van der Waals surface area contributed by atoms with Gasteiger partial charge in [-0.2, -0.15) is 0 Å². The van der Waals surface area contributed by atoms with Crippen LogP contribution < -0.4 is 0 Å². The number of rotatable bonds is 3. The summed E-state index contributed by atoms with van der Waals surface area (Å²) in [5.74, 6) is -0.221. The highest BCUT2D eigenvalue weighted by atomic mass is 16.4. The Kier molecular flexibility index (Phi) is 2.84. The lowest BCUT2D eigenvalue weighted by Gasteiger charge is -1.97. The highest BCUT2D eigenvalue weighted by Gasteiger charge is 2.08. The summed E-state index contributed by atoms with van der Waals surface area (Å²) in [7, 11) is 0. The van der Waals surface area contributed by atoms with E-state index in [2.05, 4.69) is 16.5 Å². The first-order chi connectivity index (χ1) is 9.69. The van der Waals surface area contributed by atoms with Gasteiger partial charge >= 0.3 is 5.97 Å². The number of para-hydroxylation sites is 1. The summed E-state index contributed by atoms with van der Waals surface area (Å²) in [5, 5.41) is 8.89. The van der Waals surface area contributed by atoms with E-state index in [9.17, 15) is 4.79 Å². The summed E-state index contributed by atoms with van der Waals surface area (Å²) in [6.07, 6.45) is 1.76. The van der Waals surface area contributed by atoms with Gasteiger partial charge in [-0.1, -0.05) is 36.9 Å². The van der Waals surface area contributed by atoms with Crippen LogP contribution in [0.4, 0.5) is 0 Å². The van der Waals surface area contributed by atoms with E-state index in [4.69, 9.17) is 5.11 Å². The minimum atomic E-state index is -0.935. The lowest BCUT2D eigenvalue weighted by molar-refractivity contribution is 0.0697. The molecule has 1 heterocycles. The van der Waals surface area contributed by atoms with Gasteiger partial charge in [0.1, 0.15) is 5.82 Å². The Bertz CT molecular complexity index is 801. The number of imidazole rings is 1. The number of carboxylic acids is 1. The van der Waals surface area contributed by atoms with E-state index in [1.54, 1.807) is 30.3 Å². The van der Waals surface area contributed by atoms with Gasteiger partial charge in [0.15, 0.2) is 0 Å². The largest absolute Gasteiger partial charge is 0.478 e. The van der Waals surface area contributed by atoms with Crippen LogP contribution in [0.25, 0.3) is 28.5 Å². The number of fused-ring (bicyclic) bond motifs is 1. The molecule has 0 spiro atoms. The molecule has 0 atom stereocenters. The average molecular weight is 264 g/mol. The van der Waals surface area contributed by atoms with Crippen LogP contribution in [0.15, 0.2) is 49.0 Å². The zero-order valence-corrected chi connectivity index (χ0v) is 10.6. The van der Waals surface area contributed by atoms with Crippen molar-refractivity contribution in [1.29, 1.82) is 0 Å². The Morgan fingerprint density at radius 1 is 1.20 bits per heavy atom. The Labute approximate surface area is 115 Å². The van der Waals surface area contributed by atoms with Crippen molar-refractivity contribution in [2.24, 2.45) is 0 Å². The molecule has 0 amide bonds. The first-order valence-corrected chi connectivity index (χ1v) is 6.14. The lowest BCUT2D eigenvalue weighted by atomic mass is 10.1. The van der Waals surface area contributed by atoms with Crippen LogP contribution in [0, 0.1) is 0 Å². The fraction of sp³-hybridized carbons (Fsp3) is 0. The fourth-order valence-electron chi connectivity index (χ4n) is 2.13. The molecule has 4 nitrogen and oxygen atoms in total. The minimum Gasteiger partial charge on any atom is -0.478 e. The number of hydrogen-bond acceptors (Lipinski definition) is 2. The number of hydrogen-bond donors (Lipinski definition) is 2. The number of benzene rings is 2. The van der Waals surface area contributed by atoms with Crippen molar-refractivity contribution in [1.82, 2.24) is 9.97 Å². The number of aromatic carboxylic acids is 1. The van der Waals surface area contributed by atoms with Gasteiger partial charge in [-0.05, 0) is 18.2 Å². The molecule has 98 valence electrons. The number of aromatic nitrogens is 2. The van der Waals surface area contributed by atoms with Crippen LogP contribution in [0.5, 0.6) is 0 Å². The maximum absolute atomic E-state index is 10.8. The second kappa shape index (κ2) is 4.66. The molecule has 3 aromatic rings. The van der Waals surface area contributed by atoms with Gasteiger partial charge in [-0.3, -0.25) is 0 Å². The molecule has 4 heteroatoms. The molecule has 0 saturated heterocycles. The molecule has 0 aliphatic carbocycles. The number of aromatic amines is 1. The Balaban J connectivity index is 2.10. The first kappa shape index (κ1) is 12.2. The third-order valence-corrected chi connectivity index (χ3v) is 3.17. The van der Waals surface area contributed by atoms with Crippen molar-refractivity contribution < 1.29 is 9.90 Å². The molecule has 0 aliphatic heterocycles. The highest BCUT2D eigenvalue weighted by molar-refractivity contribution is 5.89. The molecule has 0 fully saturated rings. The summed E-state index contributed by atoms with van der Waals surface area (Å²) in [4.78, 5) is 18.6. The Morgan fingerprint density at radius 3 is 2.60 bits per heavy atom. The van der Waals surface area contributed by atoms with Crippen molar-refractivity contribution >= 4 is 23.1 Å². The number of nitrogens with one attached hydrogen (secondary N) is 1. The monoisotopic (exact) mass is 264 g/mol. The number of nitrogens with zero attached hydrogens (tertiary/aromatic N) is 1. The van der Waals surface area contributed by atoms with E-state index in [0.717, 1.165) is 22.2 Å². The summed E-state index contributed by atoms with van der Waals surface area (Å²) in [5.41, 5.74) is 3.87. The molecule has 1 aromatic heterocycles. The second-order valence-corrected chi connectivity index (χ2v) is 4.42. The van der Waals surface area contributed by atoms with Crippen LogP contribution in [-0.2, 0) is 0 Å². The standard InChI is InChI=1S/C16H12N2O2/c1-2-10-4-3-5-13-14(10)18-15(17-13)11-6-8-12(9-7-11)16(19)20/h2-9H,1H2,(H,17,18)(H,19,20). The molecule has 0 aliphatic rings. The normalized spacial score (nSPS) is 10.6. The minimum absolute atomic E-state index is 0.261. The SMILES string of the molecule is C=Cc1cccc2[nH]c(-c3ccc(C(=O)O)cc3)nc12. The summed E-state index contributed by atoms with van der Waals surface area (Å²) in [6.45, 7) is 3.77. The van der Waals surface area contributed by atoms with Gasteiger partial charge in [-0.15, -0.1) is 0 Å². The molecular formula is C16H12N2O2.